The van der Waals surface area contributed by atoms with Crippen LogP contribution in [0.3, 0.4) is 0 Å². The first kappa shape index (κ1) is 27.3. The van der Waals surface area contributed by atoms with Crippen molar-refractivity contribution in [2.75, 3.05) is 0 Å². The molecule has 0 bridgehead atoms. The maximum Gasteiger partial charge on any atom is 0.142 e. The van der Waals surface area contributed by atoms with Crippen molar-refractivity contribution in [3.8, 4) is 33.4 Å². The number of furan rings is 1. The number of H-pyrrole nitrogens is 1. The van der Waals surface area contributed by atoms with E-state index in [1.807, 2.05) is 6.26 Å². The average Bonchev–Trinajstić information content (AvgIpc) is 3.78. The summed E-state index contributed by atoms with van der Waals surface area (Å²) in [6.07, 6.45) is 1.99. The standard InChI is InChI=1S/C48H29NO/c1-2-10-29(11-3-1)35-22-24-38-37-16-8-9-17-44(37)49-47(38)46(35)41-21-19-33-26-31-13-4-5-14-32(31)27-42(33)45(41)43-28-50-48-39-20-18-30-12-6-7-15-34(30)36(39)23-25-40(43)48/h1-28,49H. The molecule has 0 aliphatic rings. The van der Waals surface area contributed by atoms with Crippen LogP contribution in [-0.2, 0) is 0 Å². The highest BCUT2D eigenvalue weighted by Gasteiger charge is 2.23. The lowest BCUT2D eigenvalue weighted by atomic mass is 9.84. The number of rotatable bonds is 3. The van der Waals surface area contributed by atoms with Gasteiger partial charge in [-0.15, -0.1) is 0 Å². The second-order valence-electron chi connectivity index (χ2n) is 13.3. The van der Waals surface area contributed by atoms with Gasteiger partial charge in [-0.05, 0) is 84.7 Å². The van der Waals surface area contributed by atoms with Crippen LogP contribution in [0.5, 0.6) is 0 Å². The molecule has 9 aromatic carbocycles. The summed E-state index contributed by atoms with van der Waals surface area (Å²) >= 11 is 0. The fraction of sp³-hybridized carbons (Fsp3) is 0. The minimum atomic E-state index is 0.916. The molecule has 232 valence electrons. The largest absolute Gasteiger partial charge is 0.463 e. The summed E-state index contributed by atoms with van der Waals surface area (Å²) in [5, 5.41) is 13.2. The molecule has 0 amide bonds. The lowest BCUT2D eigenvalue weighted by molar-refractivity contribution is 0.620. The number of hydrogen-bond donors (Lipinski definition) is 1. The number of fused-ring (bicyclic) bond motifs is 10. The molecule has 0 radical (unpaired) electrons. The highest BCUT2D eigenvalue weighted by Crippen LogP contribution is 2.49. The van der Waals surface area contributed by atoms with Crippen LogP contribution < -0.4 is 0 Å². The van der Waals surface area contributed by atoms with Crippen molar-refractivity contribution >= 4 is 75.9 Å². The van der Waals surface area contributed by atoms with Crippen LogP contribution in [0.2, 0.25) is 0 Å². The average molecular weight is 636 g/mol. The van der Waals surface area contributed by atoms with Gasteiger partial charge in [0.1, 0.15) is 5.58 Å². The predicted octanol–water partition coefficient (Wildman–Crippen LogP) is 13.7. The van der Waals surface area contributed by atoms with Crippen molar-refractivity contribution in [1.29, 1.82) is 0 Å². The summed E-state index contributed by atoms with van der Waals surface area (Å²) in [7, 11) is 0. The number of aromatic amines is 1. The quantitative estimate of drug-likeness (QED) is 0.152. The summed E-state index contributed by atoms with van der Waals surface area (Å²) < 4.78 is 6.64. The maximum atomic E-state index is 6.64. The second kappa shape index (κ2) is 10.4. The molecule has 1 N–H and O–H groups in total. The number of nitrogens with one attached hydrogen (secondary N) is 1. The minimum absolute atomic E-state index is 0.916. The van der Waals surface area contributed by atoms with Crippen LogP contribution in [0.1, 0.15) is 0 Å². The minimum Gasteiger partial charge on any atom is -0.463 e. The fourth-order valence-corrected chi connectivity index (χ4v) is 8.34. The van der Waals surface area contributed by atoms with Crippen LogP contribution in [0.15, 0.2) is 174 Å². The third-order valence-corrected chi connectivity index (χ3v) is 10.7. The molecule has 0 aliphatic carbocycles. The Balaban J connectivity index is 1.30. The summed E-state index contributed by atoms with van der Waals surface area (Å²) in [5.41, 5.74) is 10.2. The zero-order chi connectivity index (χ0) is 32.8. The third kappa shape index (κ3) is 3.90. The van der Waals surface area contributed by atoms with Gasteiger partial charge in [-0.1, -0.05) is 133 Å². The Morgan fingerprint density at radius 2 is 1.02 bits per heavy atom. The van der Waals surface area contributed by atoms with Crippen molar-refractivity contribution in [2.45, 2.75) is 0 Å². The highest BCUT2D eigenvalue weighted by molar-refractivity contribution is 6.23. The van der Waals surface area contributed by atoms with E-state index in [9.17, 15) is 0 Å². The van der Waals surface area contributed by atoms with E-state index in [4.69, 9.17) is 4.42 Å². The number of aromatic nitrogens is 1. The van der Waals surface area contributed by atoms with Crippen molar-refractivity contribution in [3.63, 3.8) is 0 Å². The Morgan fingerprint density at radius 1 is 0.360 bits per heavy atom. The Morgan fingerprint density at radius 3 is 1.90 bits per heavy atom. The third-order valence-electron chi connectivity index (χ3n) is 10.7. The van der Waals surface area contributed by atoms with Crippen LogP contribution in [0.4, 0.5) is 0 Å². The van der Waals surface area contributed by atoms with Gasteiger partial charge in [0.25, 0.3) is 0 Å². The fourth-order valence-electron chi connectivity index (χ4n) is 8.34. The van der Waals surface area contributed by atoms with Gasteiger partial charge >= 0.3 is 0 Å². The van der Waals surface area contributed by atoms with E-state index in [0.717, 1.165) is 33.0 Å². The Hall–Kier alpha value is -6.64. The second-order valence-corrected chi connectivity index (χ2v) is 13.3. The molecular formula is C48H29NO. The Bertz CT molecular complexity index is 3140. The molecular weight excluding hydrogens is 607 g/mol. The molecule has 0 spiro atoms. The normalized spacial score (nSPS) is 12.0. The van der Waals surface area contributed by atoms with E-state index in [2.05, 4.69) is 169 Å². The van der Waals surface area contributed by atoms with Crippen LogP contribution in [0.25, 0.3) is 109 Å². The van der Waals surface area contributed by atoms with Crippen molar-refractivity contribution in [1.82, 2.24) is 4.98 Å². The molecule has 2 nitrogen and oxygen atoms in total. The number of benzene rings is 9. The molecule has 2 heteroatoms. The smallest absolute Gasteiger partial charge is 0.142 e. The van der Waals surface area contributed by atoms with E-state index >= 15 is 0 Å². The molecule has 0 saturated heterocycles. The van der Waals surface area contributed by atoms with Gasteiger partial charge in [0, 0.05) is 43.8 Å². The molecule has 0 fully saturated rings. The first-order valence-electron chi connectivity index (χ1n) is 17.2. The van der Waals surface area contributed by atoms with Gasteiger partial charge in [0.05, 0.1) is 11.8 Å². The Kier molecular flexibility index (Phi) is 5.70. The molecule has 2 heterocycles. The molecule has 2 aromatic heterocycles. The van der Waals surface area contributed by atoms with Crippen molar-refractivity contribution in [3.05, 3.63) is 170 Å². The molecule has 0 aliphatic heterocycles. The van der Waals surface area contributed by atoms with E-state index in [-0.39, 0.29) is 0 Å². The lowest BCUT2D eigenvalue weighted by Gasteiger charge is -2.18. The first-order valence-corrected chi connectivity index (χ1v) is 17.2. The molecule has 50 heavy (non-hydrogen) atoms. The van der Waals surface area contributed by atoms with Crippen LogP contribution >= 0.6 is 0 Å². The van der Waals surface area contributed by atoms with Gasteiger partial charge in [-0.3, -0.25) is 0 Å². The van der Waals surface area contributed by atoms with Crippen molar-refractivity contribution in [2.24, 2.45) is 0 Å². The topological polar surface area (TPSA) is 28.9 Å². The van der Waals surface area contributed by atoms with Gasteiger partial charge in [0.15, 0.2) is 0 Å². The van der Waals surface area contributed by atoms with E-state index in [1.54, 1.807) is 0 Å². The molecule has 0 atom stereocenters. The lowest BCUT2D eigenvalue weighted by Crippen LogP contribution is -1.93. The van der Waals surface area contributed by atoms with Crippen LogP contribution in [-0.4, -0.2) is 4.98 Å². The maximum absolute atomic E-state index is 6.64. The van der Waals surface area contributed by atoms with E-state index < -0.39 is 0 Å². The summed E-state index contributed by atoms with van der Waals surface area (Å²) in [4.78, 5) is 3.86. The molecule has 11 aromatic rings. The zero-order valence-corrected chi connectivity index (χ0v) is 27.1. The van der Waals surface area contributed by atoms with E-state index in [1.165, 1.54) is 76.3 Å². The van der Waals surface area contributed by atoms with Crippen LogP contribution in [0, 0.1) is 0 Å². The molecule has 11 rings (SSSR count). The first-order chi connectivity index (χ1) is 24.8. The monoisotopic (exact) mass is 635 g/mol. The van der Waals surface area contributed by atoms with Gasteiger partial charge in [-0.2, -0.15) is 0 Å². The van der Waals surface area contributed by atoms with Gasteiger partial charge in [0.2, 0.25) is 0 Å². The zero-order valence-electron chi connectivity index (χ0n) is 27.1. The summed E-state index contributed by atoms with van der Waals surface area (Å²) in [6.45, 7) is 0. The molecule has 0 unspecified atom stereocenters. The SMILES string of the molecule is c1ccc(-c2ccc3c([nH]c4ccccc43)c2-c2ccc3cc4ccccc4cc3c2-c2coc3c2ccc2c4ccccc4ccc23)cc1. The van der Waals surface area contributed by atoms with Gasteiger partial charge < -0.3 is 9.40 Å². The van der Waals surface area contributed by atoms with Crippen molar-refractivity contribution < 1.29 is 4.42 Å². The molecule has 0 saturated carbocycles. The summed E-state index contributed by atoms with van der Waals surface area (Å²) in [6, 6.07) is 59.4. The Labute approximate surface area is 287 Å². The number of para-hydroxylation sites is 1. The van der Waals surface area contributed by atoms with Gasteiger partial charge in [-0.25, -0.2) is 0 Å². The van der Waals surface area contributed by atoms with E-state index in [0.29, 0.717) is 0 Å². The predicted molar refractivity (Wildman–Crippen MR) is 212 cm³/mol. The number of hydrogen-bond acceptors (Lipinski definition) is 1. The summed E-state index contributed by atoms with van der Waals surface area (Å²) in [5.74, 6) is 0. The highest BCUT2D eigenvalue weighted by atomic mass is 16.3.